The van der Waals surface area contributed by atoms with Crippen LogP contribution in [0.3, 0.4) is 0 Å². The molecule has 2 aliphatic rings. The van der Waals surface area contributed by atoms with E-state index in [-0.39, 0.29) is 17.6 Å². The molecule has 6 heteroatoms. The van der Waals surface area contributed by atoms with Gasteiger partial charge in [-0.2, -0.15) is 4.31 Å². The van der Waals surface area contributed by atoms with Gasteiger partial charge in [0.15, 0.2) is 0 Å². The number of methoxy groups -OCH3 is 1. The predicted octanol–water partition coefficient (Wildman–Crippen LogP) is 2.80. The standard InChI is InChI=1S/C18H27NO4S/c1-4-23-17-12-16(18(17)9-6-10-18)19(2)24(20,21)15-8-5-7-14(11-15)13-22-3/h5,7-8,11,16-17H,4,6,9-10,12-13H2,1-3H3. The van der Waals surface area contributed by atoms with E-state index in [4.69, 9.17) is 9.47 Å². The lowest BCUT2D eigenvalue weighted by Gasteiger charge is -2.62. The molecule has 134 valence electrons. The van der Waals surface area contributed by atoms with Gasteiger partial charge in [0.05, 0.1) is 17.6 Å². The smallest absolute Gasteiger partial charge is 0.243 e. The SMILES string of the molecule is CCOC1CC(N(C)S(=O)(=O)c2cccc(COC)c2)C12CCC2. The van der Waals surface area contributed by atoms with Gasteiger partial charge in [0.1, 0.15) is 0 Å². The van der Waals surface area contributed by atoms with E-state index >= 15 is 0 Å². The van der Waals surface area contributed by atoms with Gasteiger partial charge in [0.2, 0.25) is 10.0 Å². The summed E-state index contributed by atoms with van der Waals surface area (Å²) in [6.45, 7) is 3.10. The summed E-state index contributed by atoms with van der Waals surface area (Å²) < 4.78 is 38.7. The van der Waals surface area contributed by atoms with Crippen LogP contribution in [0.5, 0.6) is 0 Å². The second-order valence-electron chi connectivity index (χ2n) is 6.88. The highest BCUT2D eigenvalue weighted by Gasteiger charge is 2.61. The molecule has 0 aliphatic heterocycles. The third kappa shape index (κ3) is 2.79. The lowest BCUT2D eigenvalue weighted by atomic mass is 9.51. The van der Waals surface area contributed by atoms with Crippen LogP contribution in [0.15, 0.2) is 29.2 Å². The fourth-order valence-electron chi connectivity index (χ4n) is 4.21. The lowest BCUT2D eigenvalue weighted by molar-refractivity contribution is -0.187. The zero-order chi connectivity index (χ0) is 17.4. The van der Waals surface area contributed by atoms with Crippen molar-refractivity contribution in [2.75, 3.05) is 20.8 Å². The van der Waals surface area contributed by atoms with Crippen molar-refractivity contribution in [3.05, 3.63) is 29.8 Å². The Morgan fingerprint density at radius 2 is 2.08 bits per heavy atom. The lowest BCUT2D eigenvalue weighted by Crippen LogP contribution is -2.67. The Morgan fingerprint density at radius 1 is 1.33 bits per heavy atom. The maximum atomic E-state index is 13.1. The predicted molar refractivity (Wildman–Crippen MR) is 92.2 cm³/mol. The monoisotopic (exact) mass is 353 g/mol. The third-order valence-corrected chi connectivity index (χ3v) is 7.58. The maximum Gasteiger partial charge on any atom is 0.243 e. The number of sulfonamides is 1. The van der Waals surface area contributed by atoms with E-state index in [9.17, 15) is 8.42 Å². The molecule has 2 saturated carbocycles. The molecule has 24 heavy (non-hydrogen) atoms. The van der Waals surface area contributed by atoms with Gasteiger partial charge in [0.25, 0.3) is 0 Å². The van der Waals surface area contributed by atoms with Gasteiger partial charge in [-0.15, -0.1) is 0 Å². The molecule has 2 unspecified atom stereocenters. The molecule has 3 rings (SSSR count). The van der Waals surface area contributed by atoms with E-state index in [0.29, 0.717) is 18.1 Å². The molecular weight excluding hydrogens is 326 g/mol. The van der Waals surface area contributed by atoms with Gasteiger partial charge in [-0.3, -0.25) is 0 Å². The van der Waals surface area contributed by atoms with Crippen molar-refractivity contribution in [2.45, 2.75) is 56.3 Å². The summed E-state index contributed by atoms with van der Waals surface area (Å²) >= 11 is 0. The van der Waals surface area contributed by atoms with E-state index in [1.165, 1.54) is 0 Å². The summed E-state index contributed by atoms with van der Waals surface area (Å²) in [6.07, 6.45) is 4.29. The van der Waals surface area contributed by atoms with Crippen LogP contribution in [-0.2, 0) is 26.1 Å². The molecule has 1 aromatic carbocycles. The molecule has 0 saturated heterocycles. The summed E-state index contributed by atoms with van der Waals surface area (Å²) in [4.78, 5) is 0.342. The minimum atomic E-state index is -3.50. The molecule has 2 atom stereocenters. The molecule has 0 bridgehead atoms. The maximum absolute atomic E-state index is 13.1. The molecule has 0 radical (unpaired) electrons. The second kappa shape index (κ2) is 6.75. The second-order valence-corrected chi connectivity index (χ2v) is 8.88. The zero-order valence-electron chi connectivity index (χ0n) is 14.7. The van der Waals surface area contributed by atoms with E-state index in [1.54, 1.807) is 36.7 Å². The fraction of sp³-hybridized carbons (Fsp3) is 0.667. The topological polar surface area (TPSA) is 55.8 Å². The van der Waals surface area contributed by atoms with Gasteiger partial charge in [-0.05, 0) is 43.9 Å². The van der Waals surface area contributed by atoms with Crippen molar-refractivity contribution in [3.63, 3.8) is 0 Å². The van der Waals surface area contributed by atoms with Crippen LogP contribution in [0, 0.1) is 5.41 Å². The first kappa shape index (κ1) is 17.9. The molecule has 0 heterocycles. The van der Waals surface area contributed by atoms with Crippen LogP contribution >= 0.6 is 0 Å². The fourth-order valence-corrected chi connectivity index (χ4v) is 5.72. The minimum Gasteiger partial charge on any atom is -0.380 e. The molecule has 1 aromatic rings. The van der Waals surface area contributed by atoms with Crippen molar-refractivity contribution < 1.29 is 17.9 Å². The Labute approximate surface area is 145 Å². The van der Waals surface area contributed by atoms with Crippen molar-refractivity contribution in [2.24, 2.45) is 5.41 Å². The van der Waals surface area contributed by atoms with Crippen molar-refractivity contribution in [3.8, 4) is 0 Å². The highest BCUT2D eigenvalue weighted by molar-refractivity contribution is 7.89. The number of ether oxygens (including phenoxy) is 2. The first-order valence-corrected chi connectivity index (χ1v) is 10.1. The molecule has 0 aromatic heterocycles. The van der Waals surface area contributed by atoms with Gasteiger partial charge in [0, 0.05) is 32.2 Å². The van der Waals surface area contributed by atoms with Crippen molar-refractivity contribution in [1.82, 2.24) is 4.31 Å². The van der Waals surface area contributed by atoms with Gasteiger partial charge in [-0.25, -0.2) is 8.42 Å². The average Bonchev–Trinajstić information content (AvgIpc) is 2.49. The minimum absolute atomic E-state index is 0.0297. The van der Waals surface area contributed by atoms with E-state index < -0.39 is 10.0 Å². The molecule has 2 aliphatic carbocycles. The van der Waals surface area contributed by atoms with Crippen LogP contribution in [0.25, 0.3) is 0 Å². The number of hydrogen-bond donors (Lipinski definition) is 0. The molecular formula is C18H27NO4S. The Kier molecular flexibility index (Phi) is 5.02. The number of rotatable bonds is 7. The molecule has 2 fully saturated rings. The number of benzene rings is 1. The first-order chi connectivity index (χ1) is 11.5. The van der Waals surface area contributed by atoms with Crippen LogP contribution in [-0.4, -0.2) is 45.6 Å². The van der Waals surface area contributed by atoms with Gasteiger partial charge < -0.3 is 9.47 Å². The molecule has 0 N–H and O–H groups in total. The van der Waals surface area contributed by atoms with Crippen molar-refractivity contribution in [1.29, 1.82) is 0 Å². The van der Waals surface area contributed by atoms with Gasteiger partial charge >= 0.3 is 0 Å². The zero-order valence-corrected chi connectivity index (χ0v) is 15.5. The summed E-state index contributed by atoms with van der Waals surface area (Å²) in [5, 5.41) is 0. The van der Waals surface area contributed by atoms with Gasteiger partial charge in [-0.1, -0.05) is 18.6 Å². The Bertz CT molecular complexity index is 684. The summed E-state index contributed by atoms with van der Waals surface area (Å²) in [5.41, 5.74) is 0.897. The Morgan fingerprint density at radius 3 is 2.67 bits per heavy atom. The summed E-state index contributed by atoms with van der Waals surface area (Å²) in [5.74, 6) is 0. The highest BCUT2D eigenvalue weighted by Crippen LogP contribution is 2.59. The van der Waals surface area contributed by atoms with Crippen LogP contribution in [0.1, 0.15) is 38.2 Å². The van der Waals surface area contributed by atoms with Crippen LogP contribution in [0.4, 0.5) is 0 Å². The average molecular weight is 353 g/mol. The Hall–Kier alpha value is -0.950. The van der Waals surface area contributed by atoms with E-state index in [1.807, 2.05) is 13.0 Å². The summed E-state index contributed by atoms with van der Waals surface area (Å²) in [7, 11) is -0.183. The third-order valence-electron chi connectivity index (χ3n) is 5.72. The molecule has 1 spiro atoms. The van der Waals surface area contributed by atoms with E-state index in [2.05, 4.69) is 0 Å². The van der Waals surface area contributed by atoms with Crippen molar-refractivity contribution >= 4 is 10.0 Å². The highest BCUT2D eigenvalue weighted by atomic mass is 32.2. The summed E-state index contributed by atoms with van der Waals surface area (Å²) in [6, 6.07) is 7.07. The first-order valence-electron chi connectivity index (χ1n) is 8.63. The molecule has 5 nitrogen and oxygen atoms in total. The molecule has 0 amide bonds. The number of hydrogen-bond acceptors (Lipinski definition) is 4. The number of nitrogens with zero attached hydrogens (tertiary/aromatic N) is 1. The largest absolute Gasteiger partial charge is 0.380 e. The Balaban J connectivity index is 1.81. The quantitative estimate of drug-likeness (QED) is 0.756. The van der Waals surface area contributed by atoms with E-state index in [0.717, 1.165) is 31.2 Å². The normalized spacial score (nSPS) is 25.5. The van der Waals surface area contributed by atoms with Crippen LogP contribution < -0.4 is 0 Å². The van der Waals surface area contributed by atoms with Crippen LogP contribution in [0.2, 0.25) is 0 Å².